The normalized spacial score (nSPS) is 12.1. The Labute approximate surface area is 118 Å². The Kier molecular flexibility index (Phi) is 5.39. The molecule has 1 aromatic rings. The molecule has 6 nitrogen and oxygen atoms in total. The first-order chi connectivity index (χ1) is 9.76. The lowest BCUT2D eigenvalue weighted by atomic mass is 10.2. The fraction of sp³-hybridized carbons (Fsp3) is 0.333. The van der Waals surface area contributed by atoms with Gasteiger partial charge in [0.1, 0.15) is 5.75 Å². The van der Waals surface area contributed by atoms with E-state index in [2.05, 4.69) is 9.89 Å². The highest BCUT2D eigenvalue weighted by molar-refractivity contribution is 5.97. The van der Waals surface area contributed by atoms with Crippen LogP contribution < -0.4 is 10.5 Å². The van der Waals surface area contributed by atoms with Crippen molar-refractivity contribution >= 4 is 11.7 Å². The van der Waals surface area contributed by atoms with Crippen molar-refractivity contribution < 1.29 is 27.9 Å². The average molecular weight is 305 g/mol. The van der Waals surface area contributed by atoms with Gasteiger partial charge in [-0.05, 0) is 31.2 Å². The van der Waals surface area contributed by atoms with E-state index >= 15 is 0 Å². The monoisotopic (exact) mass is 305 g/mol. The van der Waals surface area contributed by atoms with E-state index < -0.39 is 18.0 Å². The summed E-state index contributed by atoms with van der Waals surface area (Å²) in [6.07, 6.45) is -4.78. The fourth-order valence-electron chi connectivity index (χ4n) is 1.54. The smallest absolute Gasteiger partial charge is 0.409 e. The molecule has 21 heavy (non-hydrogen) atoms. The molecule has 0 aromatic heterocycles. The van der Waals surface area contributed by atoms with E-state index in [4.69, 9.17) is 10.9 Å². The maximum Gasteiger partial charge on any atom is 0.573 e. The molecule has 1 amide bonds. The van der Waals surface area contributed by atoms with Crippen LogP contribution >= 0.6 is 0 Å². The zero-order valence-corrected chi connectivity index (χ0v) is 11.1. The Morgan fingerprint density at radius 2 is 1.95 bits per heavy atom. The molecule has 1 aromatic carbocycles. The number of ether oxygens (including phenoxy) is 1. The summed E-state index contributed by atoms with van der Waals surface area (Å²) in [5.41, 5.74) is 5.48. The van der Waals surface area contributed by atoms with E-state index in [0.717, 1.165) is 12.1 Å². The lowest BCUT2D eigenvalue weighted by Gasteiger charge is -2.20. The summed E-state index contributed by atoms with van der Waals surface area (Å²) in [4.78, 5) is 13.4. The molecule has 1 rings (SSSR count). The number of nitrogens with two attached hydrogens (primary N) is 1. The molecule has 116 valence electrons. The van der Waals surface area contributed by atoms with E-state index in [9.17, 15) is 18.0 Å². The summed E-state index contributed by atoms with van der Waals surface area (Å²) in [5.74, 6) is -1.02. The lowest BCUT2D eigenvalue weighted by Crippen LogP contribution is -2.38. The molecule has 0 aliphatic heterocycles. The molecule has 0 spiro atoms. The van der Waals surface area contributed by atoms with Gasteiger partial charge in [-0.15, -0.1) is 13.2 Å². The van der Waals surface area contributed by atoms with Crippen LogP contribution in [0.1, 0.15) is 17.3 Å². The quantitative estimate of drug-likeness (QED) is 0.376. The number of hydrogen-bond acceptors (Lipinski definition) is 4. The van der Waals surface area contributed by atoms with Gasteiger partial charge in [-0.2, -0.15) is 0 Å². The second kappa shape index (κ2) is 6.82. The number of hydrogen-bond donors (Lipinski definition) is 2. The van der Waals surface area contributed by atoms with Crippen molar-refractivity contribution in [2.45, 2.75) is 13.3 Å². The maximum absolute atomic E-state index is 12.1. The third kappa shape index (κ3) is 5.21. The van der Waals surface area contributed by atoms with Crippen LogP contribution in [0.4, 0.5) is 13.2 Å². The van der Waals surface area contributed by atoms with E-state index in [-0.39, 0.29) is 24.5 Å². The average Bonchev–Trinajstić information content (AvgIpc) is 2.42. The van der Waals surface area contributed by atoms with Gasteiger partial charge in [0.05, 0.1) is 6.54 Å². The van der Waals surface area contributed by atoms with Gasteiger partial charge in [0.25, 0.3) is 5.91 Å². The first kappa shape index (κ1) is 16.6. The zero-order chi connectivity index (χ0) is 16.0. The highest BCUT2D eigenvalue weighted by Crippen LogP contribution is 2.23. The topological polar surface area (TPSA) is 88.1 Å². The second-order valence-corrected chi connectivity index (χ2v) is 3.98. The minimum Gasteiger partial charge on any atom is -0.409 e. The van der Waals surface area contributed by atoms with E-state index in [1.807, 2.05) is 0 Å². The summed E-state index contributed by atoms with van der Waals surface area (Å²) in [6.45, 7) is 1.88. The third-order valence-corrected chi connectivity index (χ3v) is 2.49. The molecular formula is C12H14F3N3O3. The van der Waals surface area contributed by atoms with E-state index in [1.165, 1.54) is 17.0 Å². The van der Waals surface area contributed by atoms with Gasteiger partial charge in [0, 0.05) is 12.1 Å². The minimum atomic E-state index is -4.78. The molecule has 0 atom stereocenters. The van der Waals surface area contributed by atoms with Crippen LogP contribution in [0.25, 0.3) is 0 Å². The Hall–Kier alpha value is -2.45. The number of benzene rings is 1. The molecule has 0 saturated heterocycles. The van der Waals surface area contributed by atoms with Crippen molar-refractivity contribution in [3.63, 3.8) is 0 Å². The number of alkyl halides is 3. The van der Waals surface area contributed by atoms with Gasteiger partial charge in [0.15, 0.2) is 5.84 Å². The van der Waals surface area contributed by atoms with Crippen LogP contribution in [-0.2, 0) is 0 Å². The number of carbonyl (C=O) groups is 1. The van der Waals surface area contributed by atoms with Crippen molar-refractivity contribution in [2.75, 3.05) is 13.1 Å². The first-order valence-corrected chi connectivity index (χ1v) is 5.88. The van der Waals surface area contributed by atoms with Crippen LogP contribution in [0.5, 0.6) is 5.75 Å². The van der Waals surface area contributed by atoms with Crippen LogP contribution in [0.2, 0.25) is 0 Å². The Morgan fingerprint density at radius 1 is 1.38 bits per heavy atom. The molecule has 0 radical (unpaired) electrons. The van der Waals surface area contributed by atoms with Crippen molar-refractivity contribution in [1.82, 2.24) is 4.90 Å². The summed E-state index contributed by atoms with van der Waals surface area (Å²) in [7, 11) is 0. The fourth-order valence-corrected chi connectivity index (χ4v) is 1.54. The van der Waals surface area contributed by atoms with Crippen LogP contribution in [0, 0.1) is 0 Å². The van der Waals surface area contributed by atoms with Gasteiger partial charge in [0.2, 0.25) is 0 Å². The van der Waals surface area contributed by atoms with Gasteiger partial charge in [-0.3, -0.25) is 4.79 Å². The highest BCUT2D eigenvalue weighted by Gasteiger charge is 2.31. The third-order valence-electron chi connectivity index (χ3n) is 2.49. The predicted molar refractivity (Wildman–Crippen MR) is 68.1 cm³/mol. The van der Waals surface area contributed by atoms with Gasteiger partial charge < -0.3 is 20.6 Å². The van der Waals surface area contributed by atoms with Crippen molar-refractivity contribution in [1.29, 1.82) is 0 Å². The van der Waals surface area contributed by atoms with Gasteiger partial charge in [-0.1, -0.05) is 5.16 Å². The standard InChI is InChI=1S/C12H14F3N3O3/c1-2-18(7-10(16)17-20)11(19)8-3-5-9(6-4-8)21-12(13,14)15/h3-6,20H,2,7H2,1H3,(H2,16,17). The summed E-state index contributed by atoms with van der Waals surface area (Å²) in [6, 6.07) is 4.49. The molecule has 9 heteroatoms. The molecule has 0 unspecified atom stereocenters. The van der Waals surface area contributed by atoms with Gasteiger partial charge >= 0.3 is 6.36 Å². The number of likely N-dealkylation sites (N-methyl/N-ethyl adjacent to an activating group) is 1. The van der Waals surface area contributed by atoms with Crippen molar-refractivity contribution in [3.8, 4) is 5.75 Å². The van der Waals surface area contributed by atoms with Crippen LogP contribution in [-0.4, -0.2) is 41.3 Å². The summed E-state index contributed by atoms with van der Waals surface area (Å²) >= 11 is 0. The summed E-state index contributed by atoms with van der Waals surface area (Å²) < 4.78 is 39.8. The van der Waals surface area contributed by atoms with Crippen molar-refractivity contribution in [2.24, 2.45) is 10.9 Å². The molecule has 0 saturated carbocycles. The number of carbonyl (C=O) groups excluding carboxylic acids is 1. The van der Waals surface area contributed by atoms with Crippen molar-refractivity contribution in [3.05, 3.63) is 29.8 Å². The molecule has 0 fully saturated rings. The number of amidine groups is 1. The molecule has 0 bridgehead atoms. The minimum absolute atomic E-state index is 0.0906. The SMILES string of the molecule is CCN(C/C(N)=N/O)C(=O)c1ccc(OC(F)(F)F)cc1. The second-order valence-electron chi connectivity index (χ2n) is 3.98. The van der Waals surface area contributed by atoms with E-state index in [1.54, 1.807) is 6.92 Å². The summed E-state index contributed by atoms with van der Waals surface area (Å²) in [5, 5.41) is 11.2. The molecule has 0 heterocycles. The highest BCUT2D eigenvalue weighted by atomic mass is 19.4. The predicted octanol–water partition coefficient (Wildman–Crippen LogP) is 1.79. The zero-order valence-electron chi connectivity index (χ0n) is 11.1. The number of oxime groups is 1. The largest absolute Gasteiger partial charge is 0.573 e. The number of rotatable bonds is 5. The Bertz CT molecular complexity index is 515. The lowest BCUT2D eigenvalue weighted by molar-refractivity contribution is -0.274. The maximum atomic E-state index is 12.1. The Morgan fingerprint density at radius 3 is 2.38 bits per heavy atom. The molecular weight excluding hydrogens is 291 g/mol. The number of halogens is 3. The van der Waals surface area contributed by atoms with E-state index in [0.29, 0.717) is 0 Å². The van der Waals surface area contributed by atoms with Crippen LogP contribution in [0.3, 0.4) is 0 Å². The molecule has 0 aliphatic carbocycles. The molecule has 3 N–H and O–H groups in total. The van der Waals surface area contributed by atoms with Crippen LogP contribution in [0.15, 0.2) is 29.4 Å². The Balaban J connectivity index is 2.82. The number of nitrogens with zero attached hydrogens (tertiary/aromatic N) is 2. The number of amides is 1. The van der Waals surface area contributed by atoms with Gasteiger partial charge in [-0.25, -0.2) is 0 Å². The molecule has 0 aliphatic rings. The first-order valence-electron chi connectivity index (χ1n) is 5.88.